The molecule has 1 saturated carbocycles. The summed E-state index contributed by atoms with van der Waals surface area (Å²) in [6, 6.07) is 2.27. The zero-order valence-corrected chi connectivity index (χ0v) is 11.2. The lowest BCUT2D eigenvalue weighted by molar-refractivity contribution is -0.0409. The van der Waals surface area contributed by atoms with Gasteiger partial charge < -0.3 is 4.74 Å². The minimum atomic E-state index is -0.179. The van der Waals surface area contributed by atoms with Gasteiger partial charge in [-0.1, -0.05) is 6.92 Å². The SMILES string of the molecule is CC1(C)Cc2c(C#N)cnc(C3(C)CC3)c2CO1. The van der Waals surface area contributed by atoms with Crippen LogP contribution in [0.5, 0.6) is 0 Å². The van der Waals surface area contributed by atoms with Crippen LogP contribution in [0.15, 0.2) is 6.20 Å². The van der Waals surface area contributed by atoms with E-state index in [0.29, 0.717) is 6.61 Å². The number of nitriles is 1. The van der Waals surface area contributed by atoms with Gasteiger partial charge >= 0.3 is 0 Å². The summed E-state index contributed by atoms with van der Waals surface area (Å²) in [5.74, 6) is 0. The topological polar surface area (TPSA) is 45.9 Å². The molecule has 0 N–H and O–H groups in total. The van der Waals surface area contributed by atoms with E-state index in [2.05, 4.69) is 31.8 Å². The molecule has 1 aliphatic heterocycles. The van der Waals surface area contributed by atoms with Crippen LogP contribution >= 0.6 is 0 Å². The molecule has 94 valence electrons. The second-order valence-electron chi connectivity index (χ2n) is 6.38. The van der Waals surface area contributed by atoms with Crippen LogP contribution < -0.4 is 0 Å². The minimum absolute atomic E-state index is 0.179. The van der Waals surface area contributed by atoms with Crippen LogP contribution in [0.4, 0.5) is 0 Å². The Labute approximate surface area is 108 Å². The van der Waals surface area contributed by atoms with Crippen LogP contribution in [0.2, 0.25) is 0 Å². The number of nitrogens with zero attached hydrogens (tertiary/aromatic N) is 2. The molecule has 1 aromatic heterocycles. The maximum absolute atomic E-state index is 9.24. The highest BCUT2D eigenvalue weighted by Crippen LogP contribution is 2.49. The van der Waals surface area contributed by atoms with Crippen LogP contribution in [0.25, 0.3) is 0 Å². The molecule has 0 spiro atoms. The van der Waals surface area contributed by atoms with Crippen molar-refractivity contribution >= 4 is 0 Å². The van der Waals surface area contributed by atoms with Gasteiger partial charge in [0.2, 0.25) is 0 Å². The van der Waals surface area contributed by atoms with Gasteiger partial charge in [0.1, 0.15) is 6.07 Å². The van der Waals surface area contributed by atoms with Crippen LogP contribution in [-0.2, 0) is 23.2 Å². The van der Waals surface area contributed by atoms with E-state index in [9.17, 15) is 5.26 Å². The predicted molar refractivity (Wildman–Crippen MR) is 68.1 cm³/mol. The molecule has 3 heteroatoms. The van der Waals surface area contributed by atoms with E-state index in [4.69, 9.17) is 4.74 Å². The van der Waals surface area contributed by atoms with Crippen molar-refractivity contribution in [2.24, 2.45) is 0 Å². The Balaban J connectivity index is 2.16. The summed E-state index contributed by atoms with van der Waals surface area (Å²) in [5.41, 5.74) is 4.26. The zero-order chi connectivity index (χ0) is 13.0. The Morgan fingerprint density at radius 3 is 2.61 bits per heavy atom. The number of fused-ring (bicyclic) bond motifs is 1. The molecule has 1 fully saturated rings. The van der Waals surface area contributed by atoms with Gasteiger partial charge in [-0.3, -0.25) is 4.98 Å². The van der Waals surface area contributed by atoms with Crippen molar-refractivity contribution in [1.82, 2.24) is 4.98 Å². The second kappa shape index (κ2) is 3.55. The third-order valence-corrected chi connectivity index (χ3v) is 4.20. The van der Waals surface area contributed by atoms with Gasteiger partial charge in [-0.2, -0.15) is 5.26 Å². The van der Waals surface area contributed by atoms with Crippen molar-refractivity contribution < 1.29 is 4.74 Å². The first kappa shape index (κ1) is 11.7. The maximum atomic E-state index is 9.24. The van der Waals surface area contributed by atoms with Gasteiger partial charge in [0.25, 0.3) is 0 Å². The van der Waals surface area contributed by atoms with Crippen molar-refractivity contribution in [2.45, 2.75) is 57.7 Å². The first-order valence-electron chi connectivity index (χ1n) is 6.50. The Morgan fingerprint density at radius 2 is 2.00 bits per heavy atom. The molecular formula is C15H18N2O. The first-order valence-corrected chi connectivity index (χ1v) is 6.50. The molecule has 0 atom stereocenters. The van der Waals surface area contributed by atoms with Gasteiger partial charge in [0.15, 0.2) is 0 Å². The van der Waals surface area contributed by atoms with E-state index in [0.717, 1.165) is 23.2 Å². The smallest absolute Gasteiger partial charge is 0.101 e. The van der Waals surface area contributed by atoms with E-state index in [1.165, 1.54) is 18.4 Å². The van der Waals surface area contributed by atoms with E-state index in [1.807, 2.05) is 0 Å². The molecule has 2 heterocycles. The fourth-order valence-corrected chi connectivity index (χ4v) is 2.73. The monoisotopic (exact) mass is 242 g/mol. The van der Waals surface area contributed by atoms with Gasteiger partial charge in [-0.25, -0.2) is 0 Å². The summed E-state index contributed by atoms with van der Waals surface area (Å²) in [6.45, 7) is 7.00. The lowest BCUT2D eigenvalue weighted by Crippen LogP contribution is -2.34. The molecule has 0 radical (unpaired) electrons. The summed E-state index contributed by atoms with van der Waals surface area (Å²) in [4.78, 5) is 4.54. The fourth-order valence-electron chi connectivity index (χ4n) is 2.73. The molecule has 1 aliphatic carbocycles. The molecule has 0 bridgehead atoms. The van der Waals surface area contributed by atoms with Crippen molar-refractivity contribution in [3.05, 3.63) is 28.6 Å². The summed E-state index contributed by atoms with van der Waals surface area (Å²) in [6.07, 6.45) is 4.94. The number of hydrogen-bond acceptors (Lipinski definition) is 3. The van der Waals surface area contributed by atoms with Gasteiger partial charge in [0.05, 0.1) is 23.5 Å². The molecule has 1 aromatic rings. The number of rotatable bonds is 1. The minimum Gasteiger partial charge on any atom is -0.370 e. The lowest BCUT2D eigenvalue weighted by atomic mass is 9.86. The van der Waals surface area contributed by atoms with E-state index in [-0.39, 0.29) is 11.0 Å². The fraction of sp³-hybridized carbons (Fsp3) is 0.600. The molecule has 3 nitrogen and oxygen atoms in total. The normalized spacial score (nSPS) is 23.0. The summed E-state index contributed by atoms with van der Waals surface area (Å²) in [5, 5.41) is 9.24. The van der Waals surface area contributed by atoms with Crippen LogP contribution in [-0.4, -0.2) is 10.6 Å². The average Bonchev–Trinajstić information content (AvgIpc) is 3.05. The number of pyridine rings is 1. The van der Waals surface area contributed by atoms with Crippen molar-refractivity contribution in [3.8, 4) is 6.07 Å². The molecule has 0 unspecified atom stereocenters. The summed E-state index contributed by atoms with van der Waals surface area (Å²) >= 11 is 0. The average molecular weight is 242 g/mol. The maximum Gasteiger partial charge on any atom is 0.101 e. The molecule has 0 saturated heterocycles. The molecular weight excluding hydrogens is 224 g/mol. The number of ether oxygens (including phenoxy) is 1. The highest BCUT2D eigenvalue weighted by Gasteiger charge is 2.44. The Morgan fingerprint density at radius 1 is 1.28 bits per heavy atom. The van der Waals surface area contributed by atoms with Gasteiger partial charge in [0, 0.05) is 23.6 Å². The first-order chi connectivity index (χ1) is 8.45. The molecule has 2 aliphatic rings. The third kappa shape index (κ3) is 1.72. The molecule has 3 rings (SSSR count). The van der Waals surface area contributed by atoms with Gasteiger partial charge in [-0.05, 0) is 32.3 Å². The molecule has 0 aromatic carbocycles. The van der Waals surface area contributed by atoms with Crippen molar-refractivity contribution in [2.75, 3.05) is 0 Å². The highest BCUT2D eigenvalue weighted by atomic mass is 16.5. The zero-order valence-electron chi connectivity index (χ0n) is 11.2. The van der Waals surface area contributed by atoms with Crippen molar-refractivity contribution in [1.29, 1.82) is 5.26 Å². The van der Waals surface area contributed by atoms with Crippen molar-refractivity contribution in [3.63, 3.8) is 0 Å². The molecule has 0 amide bonds. The quantitative estimate of drug-likeness (QED) is 0.760. The molecule has 18 heavy (non-hydrogen) atoms. The Bertz CT molecular complexity index is 550. The van der Waals surface area contributed by atoms with Crippen LogP contribution in [0.3, 0.4) is 0 Å². The standard InChI is InChI=1S/C15H18N2O/c1-14(2)6-11-10(7-16)8-17-13(12(11)9-18-14)15(3)4-5-15/h8H,4-6,9H2,1-3H3. The highest BCUT2D eigenvalue weighted by molar-refractivity contribution is 5.47. The Kier molecular flexibility index (Phi) is 2.30. The summed E-state index contributed by atoms with van der Waals surface area (Å²) < 4.78 is 5.91. The lowest BCUT2D eigenvalue weighted by Gasteiger charge is -2.34. The van der Waals surface area contributed by atoms with Crippen LogP contribution in [0, 0.1) is 11.3 Å². The summed E-state index contributed by atoms with van der Waals surface area (Å²) in [7, 11) is 0. The van der Waals surface area contributed by atoms with E-state index < -0.39 is 0 Å². The largest absolute Gasteiger partial charge is 0.370 e. The van der Waals surface area contributed by atoms with E-state index in [1.54, 1.807) is 6.20 Å². The van der Waals surface area contributed by atoms with E-state index >= 15 is 0 Å². The number of hydrogen-bond donors (Lipinski definition) is 0. The second-order valence-corrected chi connectivity index (χ2v) is 6.38. The number of aromatic nitrogens is 1. The Hall–Kier alpha value is -1.40. The predicted octanol–water partition coefficient (Wildman–Crippen LogP) is 2.86. The third-order valence-electron chi connectivity index (χ3n) is 4.20. The van der Waals surface area contributed by atoms with Crippen LogP contribution in [0.1, 0.15) is 56.0 Å². The van der Waals surface area contributed by atoms with Gasteiger partial charge in [-0.15, -0.1) is 0 Å².